The third-order valence-corrected chi connectivity index (χ3v) is 4.43. The Bertz CT molecular complexity index is 1240. The van der Waals surface area contributed by atoms with E-state index in [2.05, 4.69) is 9.97 Å². The van der Waals surface area contributed by atoms with Crippen LogP contribution in [-0.2, 0) is 0 Å². The first-order valence-corrected chi connectivity index (χ1v) is 8.76. The monoisotopic (exact) mass is 352 g/mol. The molecule has 0 saturated heterocycles. The van der Waals surface area contributed by atoms with Crippen LogP contribution in [0.2, 0.25) is 0 Å². The Morgan fingerprint density at radius 1 is 0.741 bits per heavy atom. The van der Waals surface area contributed by atoms with Crippen LogP contribution in [0.4, 0.5) is 0 Å². The van der Waals surface area contributed by atoms with Crippen LogP contribution in [-0.4, -0.2) is 9.97 Å². The summed E-state index contributed by atoms with van der Waals surface area (Å²) in [7, 11) is 0. The summed E-state index contributed by atoms with van der Waals surface area (Å²) in [6.45, 7) is 2.05. The predicted octanol–water partition coefficient (Wildman–Crippen LogP) is 6.11. The molecular weight excluding hydrogens is 336 g/mol. The van der Waals surface area contributed by atoms with E-state index in [1.54, 1.807) is 0 Å². The van der Waals surface area contributed by atoms with Crippen molar-refractivity contribution in [2.24, 2.45) is 0 Å². The smallest absolute Gasteiger partial charge is 0.227 e. The molecule has 0 atom stereocenters. The maximum absolute atomic E-state index is 5.86. The zero-order chi connectivity index (χ0) is 18.2. The van der Waals surface area contributed by atoms with Gasteiger partial charge in [0.15, 0.2) is 11.2 Å². The summed E-state index contributed by atoms with van der Waals surface area (Å²) in [5.74, 6) is 1.22. The molecule has 0 bridgehead atoms. The van der Waals surface area contributed by atoms with E-state index >= 15 is 0 Å². The first-order chi connectivity index (χ1) is 13.2. The number of hydrogen-bond acceptors (Lipinski definition) is 4. The molecular formula is C23H16N2O2. The molecule has 5 aromatic rings. The van der Waals surface area contributed by atoms with Crippen molar-refractivity contribution in [3.05, 3.63) is 83.7 Å². The second-order valence-electron chi connectivity index (χ2n) is 6.47. The minimum Gasteiger partial charge on any atom is -0.437 e. The van der Waals surface area contributed by atoms with E-state index in [1.807, 2.05) is 85.8 Å². The maximum atomic E-state index is 5.86. The Morgan fingerprint density at radius 3 is 2.41 bits per heavy atom. The lowest BCUT2D eigenvalue weighted by molar-refractivity contribution is 0.589. The third kappa shape index (κ3) is 3.02. The first-order valence-electron chi connectivity index (χ1n) is 8.76. The Labute approximate surface area is 155 Å². The molecule has 0 aliphatic carbocycles. The molecule has 0 N–H and O–H groups in total. The average Bonchev–Trinajstić information content (AvgIpc) is 3.30. The lowest BCUT2D eigenvalue weighted by Gasteiger charge is -1.96. The van der Waals surface area contributed by atoms with E-state index in [9.17, 15) is 0 Å². The molecule has 0 unspecified atom stereocenters. The van der Waals surface area contributed by atoms with Gasteiger partial charge < -0.3 is 8.83 Å². The zero-order valence-corrected chi connectivity index (χ0v) is 14.7. The van der Waals surface area contributed by atoms with Gasteiger partial charge in [-0.2, -0.15) is 0 Å². The van der Waals surface area contributed by atoms with Gasteiger partial charge in [0, 0.05) is 11.6 Å². The highest BCUT2D eigenvalue weighted by atomic mass is 16.4. The summed E-state index contributed by atoms with van der Waals surface area (Å²) in [6.07, 6.45) is 3.85. The number of oxazole rings is 2. The van der Waals surface area contributed by atoms with Crippen molar-refractivity contribution in [3.63, 3.8) is 0 Å². The fourth-order valence-electron chi connectivity index (χ4n) is 3.03. The lowest BCUT2D eigenvalue weighted by atomic mass is 10.1. The standard InChI is InChI=1S/C23H16N2O2/c1-15-6-12-21-19(14-15)25-23(27-21)17-10-7-16(8-11-17)9-13-22-24-18-4-2-3-5-20(18)26-22/h2-14H,1H3/b13-9+. The number of aromatic nitrogens is 2. The van der Waals surface area contributed by atoms with Crippen LogP contribution >= 0.6 is 0 Å². The number of para-hydroxylation sites is 2. The molecule has 0 fully saturated rings. The Morgan fingerprint density at radius 2 is 1.56 bits per heavy atom. The van der Waals surface area contributed by atoms with Gasteiger partial charge in [-0.15, -0.1) is 0 Å². The van der Waals surface area contributed by atoms with E-state index in [0.717, 1.165) is 33.3 Å². The number of nitrogens with zero attached hydrogens (tertiary/aromatic N) is 2. The molecule has 0 amide bonds. The fraction of sp³-hybridized carbons (Fsp3) is 0.0435. The largest absolute Gasteiger partial charge is 0.437 e. The van der Waals surface area contributed by atoms with Crippen molar-refractivity contribution in [1.29, 1.82) is 0 Å². The van der Waals surface area contributed by atoms with Gasteiger partial charge in [-0.1, -0.05) is 30.3 Å². The highest BCUT2D eigenvalue weighted by Crippen LogP contribution is 2.25. The molecule has 0 spiro atoms. The van der Waals surface area contributed by atoms with Gasteiger partial charge in [0.05, 0.1) is 0 Å². The second-order valence-corrected chi connectivity index (χ2v) is 6.47. The maximum Gasteiger partial charge on any atom is 0.227 e. The molecule has 130 valence electrons. The highest BCUT2D eigenvalue weighted by Gasteiger charge is 2.08. The SMILES string of the molecule is Cc1ccc2oc(-c3ccc(/C=C/c4nc5ccccc5o4)cc3)nc2c1. The summed E-state index contributed by atoms with van der Waals surface area (Å²) in [6, 6.07) is 21.8. The van der Waals surface area contributed by atoms with Crippen LogP contribution in [0.1, 0.15) is 17.0 Å². The summed E-state index contributed by atoms with van der Waals surface area (Å²) >= 11 is 0. The van der Waals surface area contributed by atoms with Crippen LogP contribution in [0.3, 0.4) is 0 Å². The number of fused-ring (bicyclic) bond motifs is 2. The molecule has 0 radical (unpaired) electrons. The number of aryl methyl sites for hydroxylation is 1. The van der Waals surface area contributed by atoms with E-state index in [4.69, 9.17) is 8.83 Å². The van der Waals surface area contributed by atoms with E-state index < -0.39 is 0 Å². The van der Waals surface area contributed by atoms with Gasteiger partial charge in [0.25, 0.3) is 0 Å². The highest BCUT2D eigenvalue weighted by molar-refractivity contribution is 5.78. The van der Waals surface area contributed by atoms with Crippen LogP contribution in [0, 0.1) is 6.92 Å². The van der Waals surface area contributed by atoms with Crippen LogP contribution < -0.4 is 0 Å². The first kappa shape index (κ1) is 15.6. The number of hydrogen-bond donors (Lipinski definition) is 0. The predicted molar refractivity (Wildman–Crippen MR) is 107 cm³/mol. The Balaban J connectivity index is 1.40. The molecule has 5 rings (SSSR count). The van der Waals surface area contributed by atoms with Crippen molar-refractivity contribution in [2.45, 2.75) is 6.92 Å². The average molecular weight is 352 g/mol. The lowest BCUT2D eigenvalue weighted by Crippen LogP contribution is -1.78. The summed E-state index contributed by atoms with van der Waals surface area (Å²) in [5, 5.41) is 0. The Kier molecular flexibility index (Phi) is 3.61. The second kappa shape index (κ2) is 6.25. The normalized spacial score (nSPS) is 11.7. The minimum atomic E-state index is 0.592. The molecule has 0 aliphatic rings. The van der Waals surface area contributed by atoms with Crippen molar-refractivity contribution in [2.75, 3.05) is 0 Å². The molecule has 4 nitrogen and oxygen atoms in total. The zero-order valence-electron chi connectivity index (χ0n) is 14.7. The van der Waals surface area contributed by atoms with Crippen molar-refractivity contribution in [1.82, 2.24) is 9.97 Å². The van der Waals surface area contributed by atoms with Crippen molar-refractivity contribution >= 4 is 34.4 Å². The van der Waals surface area contributed by atoms with E-state index in [-0.39, 0.29) is 0 Å². The van der Waals surface area contributed by atoms with Gasteiger partial charge in [-0.05, 0) is 60.5 Å². The number of rotatable bonds is 3. The molecule has 0 aliphatic heterocycles. The van der Waals surface area contributed by atoms with Crippen LogP contribution in [0.15, 0.2) is 75.6 Å². The topological polar surface area (TPSA) is 52.1 Å². The van der Waals surface area contributed by atoms with Gasteiger partial charge in [-0.25, -0.2) is 9.97 Å². The van der Waals surface area contributed by atoms with Gasteiger partial charge in [-0.3, -0.25) is 0 Å². The molecule has 0 saturated carbocycles. The summed E-state index contributed by atoms with van der Waals surface area (Å²) in [4.78, 5) is 9.03. The summed E-state index contributed by atoms with van der Waals surface area (Å²) in [5.41, 5.74) is 6.50. The quantitative estimate of drug-likeness (QED) is 0.393. The Hall–Kier alpha value is -3.66. The van der Waals surface area contributed by atoms with Crippen molar-refractivity contribution < 1.29 is 8.83 Å². The van der Waals surface area contributed by atoms with Crippen molar-refractivity contribution in [3.8, 4) is 11.5 Å². The van der Waals surface area contributed by atoms with E-state index in [0.29, 0.717) is 11.8 Å². The van der Waals surface area contributed by atoms with Gasteiger partial charge in [0.2, 0.25) is 11.8 Å². The molecule has 4 heteroatoms. The molecule has 27 heavy (non-hydrogen) atoms. The molecule has 2 heterocycles. The van der Waals surface area contributed by atoms with E-state index in [1.165, 1.54) is 5.56 Å². The van der Waals surface area contributed by atoms with Gasteiger partial charge in [0.1, 0.15) is 11.0 Å². The minimum absolute atomic E-state index is 0.592. The third-order valence-electron chi connectivity index (χ3n) is 4.43. The number of benzene rings is 3. The molecule has 3 aromatic carbocycles. The van der Waals surface area contributed by atoms with Gasteiger partial charge >= 0.3 is 0 Å². The van der Waals surface area contributed by atoms with Crippen LogP contribution in [0.25, 0.3) is 45.8 Å². The summed E-state index contributed by atoms with van der Waals surface area (Å²) < 4.78 is 11.6. The molecule has 2 aromatic heterocycles. The fourth-order valence-corrected chi connectivity index (χ4v) is 3.03. The van der Waals surface area contributed by atoms with Crippen LogP contribution in [0.5, 0.6) is 0 Å².